The van der Waals surface area contributed by atoms with Crippen molar-refractivity contribution in [2.45, 2.75) is 0 Å². The van der Waals surface area contributed by atoms with Crippen LogP contribution >= 0.6 is 0 Å². The number of rotatable bonds is 2. The van der Waals surface area contributed by atoms with E-state index in [0.29, 0.717) is 11.5 Å². The molecule has 0 aliphatic carbocycles. The van der Waals surface area contributed by atoms with E-state index >= 15 is 0 Å². The van der Waals surface area contributed by atoms with Crippen LogP contribution in [0.1, 0.15) is 0 Å². The van der Waals surface area contributed by atoms with Gasteiger partial charge in [-0.15, -0.1) is 0 Å². The second-order valence-corrected chi connectivity index (χ2v) is 3.51. The molecule has 0 unspecified atom stereocenters. The van der Waals surface area contributed by atoms with Gasteiger partial charge in [-0.25, -0.2) is 0 Å². The van der Waals surface area contributed by atoms with Crippen LogP contribution in [0.5, 0.6) is 0 Å². The minimum atomic E-state index is 0.645. The van der Waals surface area contributed by atoms with E-state index in [1.165, 1.54) is 0 Å². The zero-order chi connectivity index (χ0) is 11.5. The first-order valence-electron chi connectivity index (χ1n) is 5.23. The van der Waals surface area contributed by atoms with Gasteiger partial charge in [-0.3, -0.25) is 9.97 Å². The zero-order valence-corrected chi connectivity index (χ0v) is 8.95. The average molecular weight is 223 g/mol. The monoisotopic (exact) mass is 223 g/mol. The maximum Gasteiger partial charge on any atom is 0.185 e. The van der Waals surface area contributed by atoms with Crippen LogP contribution in [0.3, 0.4) is 0 Å². The van der Waals surface area contributed by atoms with E-state index in [0.717, 1.165) is 11.4 Å². The zero-order valence-electron chi connectivity index (χ0n) is 8.95. The van der Waals surface area contributed by atoms with E-state index in [1.54, 1.807) is 12.4 Å². The van der Waals surface area contributed by atoms with E-state index < -0.39 is 0 Å². The summed E-state index contributed by atoms with van der Waals surface area (Å²) in [6.45, 7) is 0. The summed E-state index contributed by atoms with van der Waals surface area (Å²) in [5, 5.41) is 3.99. The van der Waals surface area contributed by atoms with Gasteiger partial charge in [0.15, 0.2) is 5.76 Å². The SMILES string of the molecule is c1ccc(-c2cc(-c3ccccn3)on2)nc1. The van der Waals surface area contributed by atoms with Crippen molar-refractivity contribution in [3.63, 3.8) is 0 Å². The molecule has 0 atom stereocenters. The number of pyridine rings is 2. The largest absolute Gasteiger partial charge is 0.354 e. The quantitative estimate of drug-likeness (QED) is 0.670. The Balaban J connectivity index is 1.99. The maximum absolute atomic E-state index is 5.25. The number of nitrogens with zero attached hydrogens (tertiary/aromatic N) is 3. The third kappa shape index (κ3) is 1.92. The smallest absolute Gasteiger partial charge is 0.185 e. The van der Waals surface area contributed by atoms with Crippen molar-refractivity contribution in [1.29, 1.82) is 0 Å². The molecule has 0 aromatic carbocycles. The highest BCUT2D eigenvalue weighted by molar-refractivity contribution is 5.61. The lowest BCUT2D eigenvalue weighted by Gasteiger charge is -1.91. The van der Waals surface area contributed by atoms with Gasteiger partial charge in [-0.05, 0) is 24.3 Å². The summed E-state index contributed by atoms with van der Waals surface area (Å²) in [7, 11) is 0. The van der Waals surface area contributed by atoms with Gasteiger partial charge in [-0.2, -0.15) is 0 Å². The van der Waals surface area contributed by atoms with Crippen LogP contribution in [0.25, 0.3) is 22.8 Å². The van der Waals surface area contributed by atoms with E-state index in [2.05, 4.69) is 15.1 Å². The Morgan fingerprint density at radius 3 is 2.12 bits per heavy atom. The average Bonchev–Trinajstić information content (AvgIpc) is 2.90. The molecule has 4 heteroatoms. The van der Waals surface area contributed by atoms with Crippen LogP contribution < -0.4 is 0 Å². The van der Waals surface area contributed by atoms with E-state index in [-0.39, 0.29) is 0 Å². The molecular weight excluding hydrogens is 214 g/mol. The minimum Gasteiger partial charge on any atom is -0.354 e. The fourth-order valence-electron chi connectivity index (χ4n) is 1.54. The molecule has 3 aromatic rings. The summed E-state index contributed by atoms with van der Waals surface area (Å²) in [5.74, 6) is 0.645. The molecular formula is C13H9N3O. The highest BCUT2D eigenvalue weighted by atomic mass is 16.5. The molecule has 0 saturated heterocycles. The highest BCUT2D eigenvalue weighted by Gasteiger charge is 2.09. The third-order valence-electron chi connectivity index (χ3n) is 2.35. The van der Waals surface area contributed by atoms with Crippen molar-refractivity contribution in [2.24, 2.45) is 0 Å². The fourth-order valence-corrected chi connectivity index (χ4v) is 1.54. The van der Waals surface area contributed by atoms with Crippen molar-refractivity contribution in [1.82, 2.24) is 15.1 Å². The standard InChI is InChI=1S/C13H9N3O/c1-3-7-14-10(5-1)12-9-13(17-16-12)11-6-2-4-8-15-11/h1-9H. The summed E-state index contributed by atoms with van der Waals surface area (Å²) in [6, 6.07) is 13.2. The van der Waals surface area contributed by atoms with Gasteiger partial charge in [0.1, 0.15) is 11.4 Å². The molecule has 0 saturated carbocycles. The molecule has 0 spiro atoms. The van der Waals surface area contributed by atoms with Crippen molar-refractivity contribution in [3.05, 3.63) is 54.9 Å². The molecule has 0 aliphatic heterocycles. The van der Waals surface area contributed by atoms with Gasteiger partial charge < -0.3 is 4.52 Å². The Hall–Kier alpha value is -2.49. The van der Waals surface area contributed by atoms with Crippen LogP contribution in [-0.4, -0.2) is 15.1 Å². The predicted octanol–water partition coefficient (Wildman–Crippen LogP) is 2.80. The van der Waals surface area contributed by atoms with Gasteiger partial charge in [-0.1, -0.05) is 17.3 Å². The van der Waals surface area contributed by atoms with Crippen LogP contribution in [0, 0.1) is 0 Å². The molecule has 0 N–H and O–H groups in total. The Kier molecular flexibility index (Phi) is 2.38. The molecule has 0 aliphatic rings. The summed E-state index contributed by atoms with van der Waals surface area (Å²) >= 11 is 0. The predicted molar refractivity (Wildman–Crippen MR) is 63.0 cm³/mol. The Morgan fingerprint density at radius 1 is 0.765 bits per heavy atom. The first-order valence-corrected chi connectivity index (χ1v) is 5.23. The molecule has 0 amide bonds. The van der Waals surface area contributed by atoms with Gasteiger partial charge in [0.2, 0.25) is 0 Å². The minimum absolute atomic E-state index is 0.645. The maximum atomic E-state index is 5.25. The lowest BCUT2D eigenvalue weighted by molar-refractivity contribution is 0.433. The molecule has 3 rings (SSSR count). The van der Waals surface area contributed by atoms with Crippen molar-refractivity contribution < 1.29 is 4.52 Å². The van der Waals surface area contributed by atoms with Crippen LogP contribution in [0.4, 0.5) is 0 Å². The molecule has 0 bridgehead atoms. The van der Waals surface area contributed by atoms with Crippen LogP contribution in [0.15, 0.2) is 59.4 Å². The van der Waals surface area contributed by atoms with Gasteiger partial charge >= 0.3 is 0 Å². The van der Waals surface area contributed by atoms with Crippen LogP contribution in [-0.2, 0) is 0 Å². The number of hydrogen-bond donors (Lipinski definition) is 0. The van der Waals surface area contributed by atoms with Gasteiger partial charge in [0.25, 0.3) is 0 Å². The first kappa shape index (κ1) is 9.72. The second kappa shape index (κ2) is 4.17. The molecule has 4 nitrogen and oxygen atoms in total. The Labute approximate surface area is 98.0 Å². The molecule has 0 fully saturated rings. The lowest BCUT2D eigenvalue weighted by atomic mass is 10.2. The summed E-state index contributed by atoms with van der Waals surface area (Å²) < 4.78 is 5.25. The molecule has 3 heterocycles. The topological polar surface area (TPSA) is 51.8 Å². The molecule has 17 heavy (non-hydrogen) atoms. The molecule has 0 radical (unpaired) electrons. The Bertz CT molecular complexity index is 551. The number of hydrogen-bond acceptors (Lipinski definition) is 4. The third-order valence-corrected chi connectivity index (χ3v) is 2.35. The second-order valence-electron chi connectivity index (χ2n) is 3.51. The van der Waals surface area contributed by atoms with E-state index in [9.17, 15) is 0 Å². The normalized spacial score (nSPS) is 10.4. The Morgan fingerprint density at radius 2 is 1.47 bits per heavy atom. The van der Waals surface area contributed by atoms with Crippen molar-refractivity contribution in [3.8, 4) is 22.8 Å². The number of aromatic nitrogens is 3. The van der Waals surface area contributed by atoms with Crippen molar-refractivity contribution in [2.75, 3.05) is 0 Å². The van der Waals surface area contributed by atoms with Gasteiger partial charge in [0.05, 0.1) is 5.69 Å². The lowest BCUT2D eigenvalue weighted by Crippen LogP contribution is -1.80. The first-order chi connectivity index (χ1) is 8.43. The van der Waals surface area contributed by atoms with E-state index in [4.69, 9.17) is 4.52 Å². The molecule has 82 valence electrons. The van der Waals surface area contributed by atoms with Crippen molar-refractivity contribution >= 4 is 0 Å². The molecule has 3 aromatic heterocycles. The summed E-state index contributed by atoms with van der Waals surface area (Å²) in [5.41, 5.74) is 2.27. The fraction of sp³-hybridized carbons (Fsp3) is 0. The van der Waals surface area contributed by atoms with E-state index in [1.807, 2.05) is 42.5 Å². The summed E-state index contributed by atoms with van der Waals surface area (Å²) in [4.78, 5) is 8.41. The van der Waals surface area contributed by atoms with Gasteiger partial charge in [0, 0.05) is 18.5 Å². The van der Waals surface area contributed by atoms with Crippen LogP contribution in [0.2, 0.25) is 0 Å². The summed E-state index contributed by atoms with van der Waals surface area (Å²) in [6.07, 6.45) is 3.45. The highest BCUT2D eigenvalue weighted by Crippen LogP contribution is 2.22.